The van der Waals surface area contributed by atoms with Crippen molar-refractivity contribution in [2.24, 2.45) is 0 Å². The topological polar surface area (TPSA) is 28.4 Å². The van der Waals surface area contributed by atoms with E-state index < -0.39 is 0 Å². The van der Waals surface area contributed by atoms with Gasteiger partial charge < -0.3 is 9.73 Å². The van der Waals surface area contributed by atoms with Gasteiger partial charge in [0.2, 0.25) is 0 Å². The molecule has 1 aliphatic rings. The van der Waals surface area contributed by atoms with E-state index in [1.54, 1.807) is 6.26 Å². The molecule has 0 radical (unpaired) electrons. The highest BCUT2D eigenvalue weighted by atomic mass is 32.1. The maximum absolute atomic E-state index is 5.50. The molecule has 108 valence electrons. The first-order chi connectivity index (χ1) is 9.83. The van der Waals surface area contributed by atoms with Gasteiger partial charge in [-0.15, -0.1) is 11.3 Å². The summed E-state index contributed by atoms with van der Waals surface area (Å²) >= 11 is 1.81. The van der Waals surface area contributed by atoms with E-state index in [0.29, 0.717) is 6.04 Å². The molecule has 1 fully saturated rings. The molecule has 2 heterocycles. The number of hydrogen-bond donors (Lipinski definition) is 1. The summed E-state index contributed by atoms with van der Waals surface area (Å²) in [6.07, 6.45) is 4.42. The Morgan fingerprint density at radius 1 is 1.40 bits per heavy atom. The largest absolute Gasteiger partial charge is 0.468 e. The lowest BCUT2D eigenvalue weighted by Gasteiger charge is -2.28. The highest BCUT2D eigenvalue weighted by Gasteiger charge is 2.32. The van der Waals surface area contributed by atoms with Crippen molar-refractivity contribution in [2.75, 3.05) is 6.54 Å². The average Bonchev–Trinajstić information content (AvgIpc) is 2.93. The van der Waals surface area contributed by atoms with E-state index in [1.165, 1.54) is 17.7 Å². The van der Waals surface area contributed by atoms with E-state index in [4.69, 9.17) is 4.42 Å². The number of rotatable bonds is 8. The molecule has 0 amide bonds. The first-order valence-corrected chi connectivity index (χ1v) is 8.22. The van der Waals surface area contributed by atoms with Crippen molar-refractivity contribution in [1.82, 2.24) is 10.2 Å². The van der Waals surface area contributed by atoms with Gasteiger partial charge in [0.1, 0.15) is 5.76 Å². The third kappa shape index (κ3) is 3.72. The third-order valence-electron chi connectivity index (χ3n) is 3.82. The molecule has 1 unspecified atom stereocenters. The Balaban J connectivity index is 1.49. The molecule has 1 atom stereocenters. The molecule has 1 aliphatic carbocycles. The van der Waals surface area contributed by atoms with Crippen molar-refractivity contribution in [3.63, 3.8) is 0 Å². The fourth-order valence-electron chi connectivity index (χ4n) is 2.57. The average molecular weight is 290 g/mol. The van der Waals surface area contributed by atoms with Crippen LogP contribution in [0, 0.1) is 0 Å². The maximum atomic E-state index is 5.50. The van der Waals surface area contributed by atoms with Crippen LogP contribution >= 0.6 is 11.3 Å². The van der Waals surface area contributed by atoms with Crippen LogP contribution in [0.4, 0.5) is 0 Å². The molecule has 0 aromatic carbocycles. The van der Waals surface area contributed by atoms with Crippen LogP contribution < -0.4 is 5.32 Å². The van der Waals surface area contributed by atoms with Gasteiger partial charge in [0.15, 0.2) is 0 Å². The summed E-state index contributed by atoms with van der Waals surface area (Å²) in [7, 11) is 0. The van der Waals surface area contributed by atoms with Crippen LogP contribution in [-0.2, 0) is 13.1 Å². The molecule has 0 saturated heterocycles. The fraction of sp³-hybridized carbons (Fsp3) is 0.500. The highest BCUT2D eigenvalue weighted by molar-refractivity contribution is 7.09. The van der Waals surface area contributed by atoms with Crippen molar-refractivity contribution in [2.45, 2.75) is 44.9 Å². The predicted molar refractivity (Wildman–Crippen MR) is 82.8 cm³/mol. The van der Waals surface area contributed by atoms with E-state index in [2.05, 4.69) is 40.7 Å². The zero-order valence-corrected chi connectivity index (χ0v) is 12.7. The molecule has 2 aromatic heterocycles. The maximum Gasteiger partial charge on any atom is 0.117 e. The SMILES string of the molecule is CC(CNCc1cccs1)N(Cc1ccco1)C1CC1. The number of hydrogen-bond acceptors (Lipinski definition) is 4. The standard InChI is InChI=1S/C16H22N2OS/c1-13(10-17-11-16-5-3-9-20-16)18(14-6-7-14)12-15-4-2-8-19-15/h2-5,8-9,13-14,17H,6-7,10-12H2,1H3. The van der Waals surface area contributed by atoms with Gasteiger partial charge in [0.05, 0.1) is 12.8 Å². The third-order valence-corrected chi connectivity index (χ3v) is 4.70. The lowest BCUT2D eigenvalue weighted by molar-refractivity contribution is 0.171. The number of nitrogens with zero attached hydrogens (tertiary/aromatic N) is 1. The Labute approximate surface area is 124 Å². The summed E-state index contributed by atoms with van der Waals surface area (Å²) in [6, 6.07) is 9.62. The zero-order valence-electron chi connectivity index (χ0n) is 11.9. The number of thiophene rings is 1. The Kier molecular flexibility index (Phi) is 4.55. The second-order valence-electron chi connectivity index (χ2n) is 5.54. The quantitative estimate of drug-likeness (QED) is 0.807. The van der Waals surface area contributed by atoms with Crippen LogP contribution in [0.3, 0.4) is 0 Å². The van der Waals surface area contributed by atoms with Gasteiger partial charge in [-0.3, -0.25) is 4.90 Å². The molecule has 0 spiro atoms. The number of nitrogens with one attached hydrogen (secondary N) is 1. The number of furan rings is 1. The molecule has 1 saturated carbocycles. The summed E-state index contributed by atoms with van der Waals surface area (Å²) in [5.74, 6) is 1.07. The van der Waals surface area contributed by atoms with Crippen molar-refractivity contribution in [1.29, 1.82) is 0 Å². The normalized spacial score (nSPS) is 16.7. The summed E-state index contributed by atoms with van der Waals surface area (Å²) in [5.41, 5.74) is 0. The molecule has 3 nitrogen and oxygen atoms in total. The van der Waals surface area contributed by atoms with Crippen molar-refractivity contribution < 1.29 is 4.42 Å². The van der Waals surface area contributed by atoms with Crippen LogP contribution in [0.15, 0.2) is 40.3 Å². The van der Waals surface area contributed by atoms with Crippen molar-refractivity contribution >= 4 is 11.3 Å². The molecule has 1 N–H and O–H groups in total. The second kappa shape index (κ2) is 6.57. The van der Waals surface area contributed by atoms with Gasteiger partial charge >= 0.3 is 0 Å². The van der Waals surface area contributed by atoms with E-state index in [0.717, 1.165) is 31.4 Å². The summed E-state index contributed by atoms with van der Waals surface area (Å²) in [5, 5.41) is 5.70. The van der Waals surface area contributed by atoms with Crippen LogP contribution in [0.2, 0.25) is 0 Å². The van der Waals surface area contributed by atoms with E-state index in [-0.39, 0.29) is 0 Å². The zero-order chi connectivity index (χ0) is 13.8. The van der Waals surface area contributed by atoms with Crippen LogP contribution in [-0.4, -0.2) is 23.5 Å². The minimum absolute atomic E-state index is 0.535. The molecule has 3 rings (SSSR count). The molecule has 20 heavy (non-hydrogen) atoms. The minimum atomic E-state index is 0.535. The lowest BCUT2D eigenvalue weighted by Crippen LogP contribution is -2.41. The Bertz CT molecular complexity index is 491. The van der Waals surface area contributed by atoms with Gasteiger partial charge in [-0.2, -0.15) is 0 Å². The van der Waals surface area contributed by atoms with Gasteiger partial charge in [-0.1, -0.05) is 6.07 Å². The lowest BCUT2D eigenvalue weighted by atomic mass is 10.2. The molecular formula is C16H22N2OS. The van der Waals surface area contributed by atoms with Gasteiger partial charge in [0, 0.05) is 30.1 Å². The molecule has 2 aromatic rings. The van der Waals surface area contributed by atoms with Crippen molar-refractivity contribution in [3.05, 3.63) is 46.5 Å². The molecule has 0 bridgehead atoms. The Morgan fingerprint density at radius 3 is 2.95 bits per heavy atom. The van der Waals surface area contributed by atoms with E-state index in [1.807, 2.05) is 17.4 Å². The van der Waals surface area contributed by atoms with Crippen LogP contribution in [0.5, 0.6) is 0 Å². The van der Waals surface area contributed by atoms with Gasteiger partial charge in [-0.25, -0.2) is 0 Å². The summed E-state index contributed by atoms with van der Waals surface area (Å²) in [6.45, 7) is 5.23. The second-order valence-corrected chi connectivity index (χ2v) is 6.57. The van der Waals surface area contributed by atoms with E-state index in [9.17, 15) is 0 Å². The highest BCUT2D eigenvalue weighted by Crippen LogP contribution is 2.30. The molecule has 4 heteroatoms. The Morgan fingerprint density at radius 2 is 2.30 bits per heavy atom. The Hall–Kier alpha value is -1.10. The van der Waals surface area contributed by atoms with E-state index >= 15 is 0 Å². The first-order valence-electron chi connectivity index (χ1n) is 7.34. The minimum Gasteiger partial charge on any atom is -0.468 e. The van der Waals surface area contributed by atoms with Gasteiger partial charge in [-0.05, 0) is 43.3 Å². The van der Waals surface area contributed by atoms with Crippen LogP contribution in [0.25, 0.3) is 0 Å². The summed E-state index contributed by atoms with van der Waals surface area (Å²) < 4.78 is 5.50. The molecular weight excluding hydrogens is 268 g/mol. The predicted octanol–water partition coefficient (Wildman–Crippen LogP) is 3.48. The fourth-order valence-corrected chi connectivity index (χ4v) is 3.24. The first kappa shape index (κ1) is 13.9. The smallest absolute Gasteiger partial charge is 0.117 e. The monoisotopic (exact) mass is 290 g/mol. The van der Waals surface area contributed by atoms with Crippen molar-refractivity contribution in [3.8, 4) is 0 Å². The molecule has 0 aliphatic heterocycles. The van der Waals surface area contributed by atoms with Crippen LogP contribution in [0.1, 0.15) is 30.4 Å². The summed E-state index contributed by atoms with van der Waals surface area (Å²) in [4.78, 5) is 3.97. The van der Waals surface area contributed by atoms with Gasteiger partial charge in [0.25, 0.3) is 0 Å².